The molecule has 1 aliphatic heterocycles. The van der Waals surface area contributed by atoms with Crippen molar-refractivity contribution in [2.24, 2.45) is 4.99 Å². The van der Waals surface area contributed by atoms with Gasteiger partial charge in [-0.1, -0.05) is 30.3 Å². The fraction of sp³-hybridized carbons (Fsp3) is 0.208. The van der Waals surface area contributed by atoms with Crippen molar-refractivity contribution in [2.75, 3.05) is 13.1 Å². The van der Waals surface area contributed by atoms with Crippen LogP contribution in [-0.4, -0.2) is 46.2 Å². The lowest BCUT2D eigenvalue weighted by molar-refractivity contribution is 0.0710. The van der Waals surface area contributed by atoms with E-state index >= 15 is 0 Å². The van der Waals surface area contributed by atoms with Crippen molar-refractivity contribution in [2.45, 2.75) is 18.9 Å². The number of hydrogen-bond donors (Lipinski definition) is 2. The highest BCUT2D eigenvalue weighted by Gasteiger charge is 2.24. The zero-order valence-corrected chi connectivity index (χ0v) is 16.7. The Labute approximate surface area is 177 Å². The lowest BCUT2D eigenvalue weighted by atomic mass is 10.1. The molecule has 7 heteroatoms. The van der Waals surface area contributed by atoms with Crippen LogP contribution in [0.15, 0.2) is 68.8 Å². The van der Waals surface area contributed by atoms with Gasteiger partial charge in [-0.2, -0.15) is 0 Å². The molecule has 0 atom stereocenters. The molecule has 0 radical (unpaired) electrons. The third-order valence-electron chi connectivity index (χ3n) is 5.75. The van der Waals surface area contributed by atoms with Crippen molar-refractivity contribution in [1.29, 1.82) is 0 Å². The predicted molar refractivity (Wildman–Crippen MR) is 119 cm³/mol. The van der Waals surface area contributed by atoms with E-state index in [0.29, 0.717) is 42.6 Å². The Balaban J connectivity index is 1.28. The lowest BCUT2D eigenvalue weighted by Gasteiger charge is -2.29. The molecule has 2 aromatic carbocycles. The first-order valence-electron chi connectivity index (χ1n) is 10.2. The summed E-state index contributed by atoms with van der Waals surface area (Å²) in [7, 11) is 0. The smallest absolute Gasteiger partial charge is 0.348 e. The van der Waals surface area contributed by atoms with Crippen LogP contribution in [0.5, 0.6) is 5.75 Å². The maximum Gasteiger partial charge on any atom is 0.348 e. The molecule has 31 heavy (non-hydrogen) atoms. The SMILES string of the molecule is O=C(c1cc2ccccc2[nH]1)N1CCC(N=Cc2c(O)c3ccccc3oc2=O)CC1. The van der Waals surface area contributed by atoms with E-state index < -0.39 is 5.63 Å². The maximum atomic E-state index is 12.8. The van der Waals surface area contributed by atoms with Crippen LogP contribution in [0.2, 0.25) is 0 Å². The number of hydrogen-bond acceptors (Lipinski definition) is 5. The molecular formula is C24H21N3O4. The molecule has 0 unspecified atom stereocenters. The molecule has 1 saturated heterocycles. The molecule has 1 amide bonds. The third-order valence-corrected chi connectivity index (χ3v) is 5.75. The van der Waals surface area contributed by atoms with Crippen molar-refractivity contribution in [3.63, 3.8) is 0 Å². The molecule has 0 aliphatic carbocycles. The summed E-state index contributed by atoms with van der Waals surface area (Å²) >= 11 is 0. The summed E-state index contributed by atoms with van der Waals surface area (Å²) in [6.45, 7) is 1.16. The number of rotatable bonds is 3. The van der Waals surface area contributed by atoms with Gasteiger partial charge in [-0.3, -0.25) is 9.79 Å². The minimum absolute atomic E-state index is 0.0218. The maximum absolute atomic E-state index is 12.8. The fourth-order valence-electron chi connectivity index (χ4n) is 4.02. The van der Waals surface area contributed by atoms with Gasteiger partial charge < -0.3 is 19.4 Å². The van der Waals surface area contributed by atoms with E-state index in [9.17, 15) is 14.7 Å². The van der Waals surface area contributed by atoms with Crippen molar-refractivity contribution in [3.05, 3.63) is 76.3 Å². The molecule has 5 rings (SSSR count). The molecule has 3 heterocycles. The van der Waals surface area contributed by atoms with E-state index in [0.717, 1.165) is 10.9 Å². The second-order valence-electron chi connectivity index (χ2n) is 7.72. The molecule has 4 aromatic rings. The minimum Gasteiger partial charge on any atom is -0.506 e. The van der Waals surface area contributed by atoms with Crippen LogP contribution in [0.4, 0.5) is 0 Å². The van der Waals surface area contributed by atoms with Gasteiger partial charge in [0.2, 0.25) is 0 Å². The highest BCUT2D eigenvalue weighted by atomic mass is 16.4. The second kappa shape index (κ2) is 7.75. The van der Waals surface area contributed by atoms with Gasteiger partial charge in [0.05, 0.1) is 11.4 Å². The van der Waals surface area contributed by atoms with Crippen LogP contribution in [0.1, 0.15) is 28.9 Å². The number of aromatic nitrogens is 1. The number of aromatic hydroxyl groups is 1. The number of aliphatic imine (C=N–C) groups is 1. The minimum atomic E-state index is -0.619. The number of piperidine rings is 1. The molecular weight excluding hydrogens is 394 g/mol. The van der Waals surface area contributed by atoms with E-state index in [4.69, 9.17) is 4.42 Å². The first-order chi connectivity index (χ1) is 15.1. The summed E-state index contributed by atoms with van der Waals surface area (Å²) < 4.78 is 5.27. The number of likely N-dealkylation sites (tertiary alicyclic amines) is 1. The highest BCUT2D eigenvalue weighted by molar-refractivity contribution is 5.98. The van der Waals surface area contributed by atoms with Gasteiger partial charge in [0.15, 0.2) is 0 Å². The molecule has 7 nitrogen and oxygen atoms in total. The molecule has 1 aliphatic rings. The standard InChI is InChI=1S/C24H21N3O4/c28-22-17-6-2-4-8-21(17)31-24(30)18(22)14-25-16-9-11-27(12-10-16)23(29)20-13-15-5-1-3-7-19(15)26-20/h1-8,13-14,16,26,28H,9-12H2. The molecule has 1 fully saturated rings. The van der Waals surface area contributed by atoms with Crippen LogP contribution in [-0.2, 0) is 0 Å². The number of nitrogens with zero attached hydrogens (tertiary/aromatic N) is 2. The number of para-hydroxylation sites is 2. The number of H-pyrrole nitrogens is 1. The second-order valence-corrected chi connectivity index (χ2v) is 7.72. The molecule has 0 spiro atoms. The average molecular weight is 415 g/mol. The van der Waals surface area contributed by atoms with Gasteiger partial charge in [0.1, 0.15) is 22.6 Å². The lowest BCUT2D eigenvalue weighted by Crippen LogP contribution is -2.39. The number of amides is 1. The largest absolute Gasteiger partial charge is 0.506 e. The van der Waals surface area contributed by atoms with Crippen molar-refractivity contribution < 1.29 is 14.3 Å². The monoisotopic (exact) mass is 415 g/mol. The number of benzene rings is 2. The topological polar surface area (TPSA) is 98.9 Å². The molecule has 156 valence electrons. The van der Waals surface area contributed by atoms with Crippen LogP contribution in [0.3, 0.4) is 0 Å². The van der Waals surface area contributed by atoms with Crippen LogP contribution in [0.25, 0.3) is 21.9 Å². The van der Waals surface area contributed by atoms with Crippen molar-refractivity contribution in [1.82, 2.24) is 9.88 Å². The summed E-state index contributed by atoms with van der Waals surface area (Å²) in [5.74, 6) is -0.145. The third kappa shape index (κ3) is 3.59. The highest BCUT2D eigenvalue weighted by Crippen LogP contribution is 2.25. The molecule has 0 bridgehead atoms. The Bertz CT molecular complexity index is 1330. The Morgan fingerprint density at radius 3 is 2.68 bits per heavy atom. The zero-order chi connectivity index (χ0) is 21.4. The first-order valence-corrected chi connectivity index (χ1v) is 10.2. The van der Waals surface area contributed by atoms with E-state index in [-0.39, 0.29) is 23.3 Å². The van der Waals surface area contributed by atoms with E-state index in [1.54, 1.807) is 24.3 Å². The summed E-state index contributed by atoms with van der Waals surface area (Å²) in [6.07, 6.45) is 2.76. The Kier molecular flexibility index (Phi) is 4.78. The number of fused-ring (bicyclic) bond motifs is 2. The Hall–Kier alpha value is -3.87. The van der Waals surface area contributed by atoms with E-state index in [1.165, 1.54) is 6.21 Å². The Morgan fingerprint density at radius 1 is 1.13 bits per heavy atom. The molecule has 2 N–H and O–H groups in total. The van der Waals surface area contributed by atoms with Gasteiger partial charge in [-0.25, -0.2) is 4.79 Å². The quantitative estimate of drug-likeness (QED) is 0.394. The average Bonchev–Trinajstić information content (AvgIpc) is 3.23. The zero-order valence-electron chi connectivity index (χ0n) is 16.7. The molecule has 2 aromatic heterocycles. The van der Waals surface area contributed by atoms with Crippen molar-refractivity contribution in [3.8, 4) is 5.75 Å². The summed E-state index contributed by atoms with van der Waals surface area (Å²) in [5, 5.41) is 11.9. The van der Waals surface area contributed by atoms with Crippen LogP contribution >= 0.6 is 0 Å². The number of carbonyl (C=O) groups is 1. The van der Waals surface area contributed by atoms with Gasteiger partial charge >= 0.3 is 5.63 Å². The number of carbonyl (C=O) groups excluding carboxylic acids is 1. The fourth-order valence-corrected chi connectivity index (χ4v) is 4.02. The number of nitrogens with one attached hydrogen (secondary N) is 1. The van der Waals surface area contributed by atoms with Gasteiger partial charge in [-0.05, 0) is 37.1 Å². The normalized spacial score (nSPS) is 15.3. The van der Waals surface area contributed by atoms with Crippen LogP contribution in [0, 0.1) is 0 Å². The summed E-state index contributed by atoms with van der Waals surface area (Å²) in [4.78, 5) is 34.6. The number of aromatic amines is 1. The van der Waals surface area contributed by atoms with Gasteiger partial charge in [0.25, 0.3) is 5.91 Å². The van der Waals surface area contributed by atoms with Gasteiger partial charge in [0, 0.05) is 30.2 Å². The van der Waals surface area contributed by atoms with Crippen LogP contribution < -0.4 is 5.63 Å². The summed E-state index contributed by atoms with van der Waals surface area (Å²) in [5.41, 5.74) is 1.30. The van der Waals surface area contributed by atoms with Crippen molar-refractivity contribution >= 4 is 34.0 Å². The Morgan fingerprint density at radius 2 is 1.87 bits per heavy atom. The summed E-state index contributed by atoms with van der Waals surface area (Å²) in [6, 6.07) is 16.5. The van der Waals surface area contributed by atoms with E-state index in [1.807, 2.05) is 35.2 Å². The predicted octanol–water partition coefficient (Wildman–Crippen LogP) is 3.70. The first kappa shape index (κ1) is 19.1. The molecule has 0 saturated carbocycles. The van der Waals surface area contributed by atoms with E-state index in [2.05, 4.69) is 9.98 Å². The van der Waals surface area contributed by atoms with Gasteiger partial charge in [-0.15, -0.1) is 0 Å².